The smallest absolute Gasteiger partial charge is 0.276 e. The number of carbonyl (C=O) groups is 1. The first-order valence-corrected chi connectivity index (χ1v) is 8.68. The number of fused-ring (bicyclic) bond motifs is 2. The van der Waals surface area contributed by atoms with Gasteiger partial charge in [-0.3, -0.25) is 14.6 Å². The molecule has 0 radical (unpaired) electrons. The number of rotatable bonds is 2. The molecule has 0 bridgehead atoms. The lowest BCUT2D eigenvalue weighted by Gasteiger charge is -2.28. The summed E-state index contributed by atoms with van der Waals surface area (Å²) in [5.74, 6) is 0.198. The molecule has 5 heterocycles. The quantitative estimate of drug-likeness (QED) is 0.574. The van der Waals surface area contributed by atoms with Crippen LogP contribution in [0.25, 0.3) is 11.5 Å². The number of hydrogen-bond acceptors (Lipinski definition) is 4. The summed E-state index contributed by atoms with van der Waals surface area (Å²) in [5, 5.41) is 8.65. The first-order chi connectivity index (χ1) is 13.1. The van der Waals surface area contributed by atoms with Gasteiger partial charge in [-0.25, -0.2) is 9.20 Å². The molecule has 0 spiro atoms. The van der Waals surface area contributed by atoms with Gasteiger partial charge in [-0.2, -0.15) is 5.10 Å². The van der Waals surface area contributed by atoms with Crippen LogP contribution < -0.4 is 5.56 Å². The summed E-state index contributed by atoms with van der Waals surface area (Å²) in [6.45, 7) is 3.80. The summed E-state index contributed by atoms with van der Waals surface area (Å²) < 4.78 is 5.14. The van der Waals surface area contributed by atoms with Gasteiger partial charge in [0.05, 0.1) is 24.0 Å². The van der Waals surface area contributed by atoms with E-state index in [2.05, 4.69) is 19.7 Å². The second-order valence-corrected chi connectivity index (χ2v) is 6.59. The Labute approximate surface area is 153 Å². The van der Waals surface area contributed by atoms with Gasteiger partial charge in [-0.15, -0.1) is 5.10 Å². The summed E-state index contributed by atoms with van der Waals surface area (Å²) >= 11 is 0. The maximum absolute atomic E-state index is 13.0. The van der Waals surface area contributed by atoms with Gasteiger partial charge in [-0.1, -0.05) is 0 Å². The van der Waals surface area contributed by atoms with Crippen LogP contribution >= 0.6 is 0 Å². The number of hydrogen-bond donors (Lipinski definition) is 1. The van der Waals surface area contributed by atoms with Gasteiger partial charge in [0.2, 0.25) is 5.95 Å². The van der Waals surface area contributed by atoms with Gasteiger partial charge in [0.1, 0.15) is 5.52 Å². The van der Waals surface area contributed by atoms with Gasteiger partial charge in [0, 0.05) is 31.2 Å². The lowest BCUT2D eigenvalue weighted by Crippen LogP contribution is -2.38. The molecule has 0 atom stereocenters. The molecule has 1 amide bonds. The van der Waals surface area contributed by atoms with Crippen LogP contribution in [0.4, 0.5) is 0 Å². The molecule has 1 N–H and O–H groups in total. The van der Waals surface area contributed by atoms with Crippen LogP contribution in [0.1, 0.15) is 21.7 Å². The highest BCUT2D eigenvalue weighted by Crippen LogP contribution is 2.18. The van der Waals surface area contributed by atoms with Gasteiger partial charge in [-0.05, 0) is 31.2 Å². The minimum Gasteiger partial charge on any atom is -0.348 e. The Morgan fingerprint density at radius 2 is 2.04 bits per heavy atom. The van der Waals surface area contributed by atoms with Gasteiger partial charge in [0.15, 0.2) is 0 Å². The zero-order valence-corrected chi connectivity index (χ0v) is 14.7. The van der Waals surface area contributed by atoms with Crippen molar-refractivity contribution in [3.05, 3.63) is 70.2 Å². The first kappa shape index (κ1) is 15.6. The Morgan fingerprint density at radius 1 is 1.19 bits per heavy atom. The van der Waals surface area contributed by atoms with E-state index in [-0.39, 0.29) is 17.4 Å². The van der Waals surface area contributed by atoms with E-state index in [0.29, 0.717) is 29.9 Å². The fourth-order valence-corrected chi connectivity index (χ4v) is 3.52. The van der Waals surface area contributed by atoms with E-state index in [4.69, 9.17) is 0 Å². The topological polar surface area (TPSA) is 93.2 Å². The Morgan fingerprint density at radius 3 is 2.93 bits per heavy atom. The van der Waals surface area contributed by atoms with E-state index < -0.39 is 0 Å². The minimum atomic E-state index is -0.260. The third kappa shape index (κ3) is 2.39. The van der Waals surface area contributed by atoms with Crippen molar-refractivity contribution in [1.29, 1.82) is 0 Å². The van der Waals surface area contributed by atoms with Crippen molar-refractivity contribution in [2.75, 3.05) is 6.54 Å². The molecule has 27 heavy (non-hydrogen) atoms. The predicted molar refractivity (Wildman–Crippen MR) is 96.8 cm³/mol. The van der Waals surface area contributed by atoms with Crippen LogP contribution in [0, 0.1) is 6.92 Å². The predicted octanol–water partition coefficient (Wildman–Crippen LogP) is 0.974. The maximum Gasteiger partial charge on any atom is 0.276 e. The third-order valence-corrected chi connectivity index (χ3v) is 5.00. The van der Waals surface area contributed by atoms with Crippen molar-refractivity contribution in [1.82, 2.24) is 33.8 Å². The summed E-state index contributed by atoms with van der Waals surface area (Å²) in [6, 6.07) is 7.45. The molecule has 0 saturated heterocycles. The van der Waals surface area contributed by atoms with E-state index in [1.165, 1.54) is 15.4 Å². The van der Waals surface area contributed by atoms with E-state index in [0.717, 1.165) is 12.2 Å². The van der Waals surface area contributed by atoms with Gasteiger partial charge >= 0.3 is 0 Å². The summed E-state index contributed by atoms with van der Waals surface area (Å²) in [4.78, 5) is 29.7. The molecule has 0 unspecified atom stereocenters. The van der Waals surface area contributed by atoms with Gasteiger partial charge < -0.3 is 9.47 Å². The molecule has 9 nitrogen and oxygen atoms in total. The van der Waals surface area contributed by atoms with E-state index in [1.54, 1.807) is 25.3 Å². The van der Waals surface area contributed by atoms with Crippen molar-refractivity contribution in [2.24, 2.45) is 0 Å². The number of aromatic nitrogens is 6. The zero-order chi connectivity index (χ0) is 18.5. The Kier molecular flexibility index (Phi) is 3.30. The molecule has 0 aliphatic carbocycles. The Hall–Kier alpha value is -3.62. The van der Waals surface area contributed by atoms with Crippen molar-refractivity contribution in [3.63, 3.8) is 0 Å². The molecule has 0 fully saturated rings. The highest BCUT2D eigenvalue weighted by Gasteiger charge is 2.25. The molecule has 9 heteroatoms. The first-order valence-electron chi connectivity index (χ1n) is 8.68. The largest absolute Gasteiger partial charge is 0.348 e. The number of carbonyl (C=O) groups excluding carboxylic acids is 1. The summed E-state index contributed by atoms with van der Waals surface area (Å²) in [6.07, 6.45) is 5.26. The molecule has 1 aliphatic rings. The normalized spacial score (nSPS) is 13.9. The number of aromatic amines is 1. The molecule has 1 aliphatic heterocycles. The number of nitrogens with one attached hydrogen (secondary N) is 1. The molecule has 0 aromatic carbocycles. The number of amides is 1. The zero-order valence-electron chi connectivity index (χ0n) is 14.7. The highest BCUT2D eigenvalue weighted by atomic mass is 16.2. The average molecular weight is 363 g/mol. The molecule has 4 aromatic rings. The van der Waals surface area contributed by atoms with Crippen molar-refractivity contribution in [3.8, 4) is 5.95 Å². The van der Waals surface area contributed by atoms with Gasteiger partial charge in [0.25, 0.3) is 11.5 Å². The summed E-state index contributed by atoms with van der Waals surface area (Å²) in [5.41, 5.74) is 2.45. The second-order valence-electron chi connectivity index (χ2n) is 6.59. The monoisotopic (exact) mass is 363 g/mol. The lowest BCUT2D eigenvalue weighted by molar-refractivity contribution is 0.0710. The van der Waals surface area contributed by atoms with E-state index in [9.17, 15) is 9.59 Å². The van der Waals surface area contributed by atoms with Crippen molar-refractivity contribution < 1.29 is 4.79 Å². The Balaban J connectivity index is 1.49. The van der Waals surface area contributed by atoms with Crippen LogP contribution in [0.2, 0.25) is 0 Å². The van der Waals surface area contributed by atoms with E-state index in [1.807, 2.05) is 23.2 Å². The highest BCUT2D eigenvalue weighted by molar-refractivity contribution is 5.95. The molecular weight excluding hydrogens is 346 g/mol. The standard InChI is InChI=1S/C18H17N7O2/c1-12-14(17(27)23-9-8-22-6-2-4-13(22)11-23)10-19-25(12)18-20-16(26)15-5-3-7-24(15)21-18/h2-7,10H,8-9,11H2,1H3,(H,20,21,26). The fraction of sp³-hybridized carbons (Fsp3) is 0.222. The molecule has 0 saturated carbocycles. The van der Waals surface area contributed by atoms with E-state index >= 15 is 0 Å². The minimum absolute atomic E-state index is 0.0735. The van der Waals surface area contributed by atoms with Crippen LogP contribution in [0.3, 0.4) is 0 Å². The van der Waals surface area contributed by atoms with Crippen LogP contribution in [0.15, 0.2) is 47.7 Å². The van der Waals surface area contributed by atoms with Crippen LogP contribution in [0.5, 0.6) is 0 Å². The van der Waals surface area contributed by atoms with Crippen molar-refractivity contribution >= 4 is 11.4 Å². The third-order valence-electron chi connectivity index (χ3n) is 5.00. The molecule has 136 valence electrons. The molecule has 5 rings (SSSR count). The number of H-pyrrole nitrogens is 1. The fourth-order valence-electron chi connectivity index (χ4n) is 3.52. The summed E-state index contributed by atoms with van der Waals surface area (Å²) in [7, 11) is 0. The molecule has 4 aromatic heterocycles. The second kappa shape index (κ2) is 5.70. The van der Waals surface area contributed by atoms with Crippen LogP contribution in [-0.4, -0.2) is 46.3 Å². The number of nitrogens with zero attached hydrogens (tertiary/aromatic N) is 6. The maximum atomic E-state index is 13.0. The average Bonchev–Trinajstić information content (AvgIpc) is 3.39. The SMILES string of the molecule is Cc1c(C(=O)N2CCn3cccc3C2)cnn1-c1nn2cccc2c(=O)[nH]1. The molecular formula is C18H17N7O2. The Bertz CT molecular complexity index is 1230. The van der Waals surface area contributed by atoms with Crippen LogP contribution in [-0.2, 0) is 13.1 Å². The van der Waals surface area contributed by atoms with Crippen molar-refractivity contribution in [2.45, 2.75) is 20.0 Å². The lowest BCUT2D eigenvalue weighted by atomic mass is 10.2.